The van der Waals surface area contributed by atoms with E-state index in [4.69, 9.17) is 11.6 Å². The van der Waals surface area contributed by atoms with Crippen LogP contribution in [-0.4, -0.2) is 62.2 Å². The van der Waals surface area contributed by atoms with Crippen molar-refractivity contribution in [1.29, 1.82) is 0 Å². The molecular weight excluding hydrogens is 379 g/mol. The lowest BCUT2D eigenvalue weighted by Gasteiger charge is -2.41. The predicted octanol–water partition coefficient (Wildman–Crippen LogP) is 3.70. The Hall–Kier alpha value is -1.21. The number of aromatic nitrogens is 2. The van der Waals surface area contributed by atoms with Crippen LogP contribution in [0.15, 0.2) is 12.1 Å². The Balaban J connectivity index is 1.23. The molecular formula is C21H28ClFN4O. The van der Waals surface area contributed by atoms with Gasteiger partial charge in [0.05, 0.1) is 22.7 Å². The highest BCUT2D eigenvalue weighted by Gasteiger charge is 2.41. The number of hydrogen-bond donors (Lipinski definition) is 2. The molecule has 0 amide bonds. The van der Waals surface area contributed by atoms with Gasteiger partial charge < -0.3 is 10.1 Å². The first-order chi connectivity index (χ1) is 13.5. The van der Waals surface area contributed by atoms with Crippen molar-refractivity contribution in [3.8, 4) is 0 Å². The summed E-state index contributed by atoms with van der Waals surface area (Å²) in [6.07, 6.45) is 7.65. The normalized spacial score (nSPS) is 27.8. The number of fused-ring (bicyclic) bond motifs is 3. The van der Waals surface area contributed by atoms with E-state index in [0.717, 1.165) is 51.3 Å². The number of nitrogens with zero attached hydrogens (tertiary/aromatic N) is 3. The fourth-order valence-corrected chi connectivity index (χ4v) is 5.82. The van der Waals surface area contributed by atoms with Crippen LogP contribution < -0.4 is 0 Å². The van der Waals surface area contributed by atoms with E-state index in [2.05, 4.69) is 19.8 Å². The second-order valence-corrected chi connectivity index (χ2v) is 9.37. The van der Waals surface area contributed by atoms with Gasteiger partial charge in [-0.25, -0.2) is 9.37 Å². The number of piperazine rings is 1. The lowest BCUT2D eigenvalue weighted by Crippen LogP contribution is -2.54. The monoisotopic (exact) mass is 406 g/mol. The lowest BCUT2D eigenvalue weighted by molar-refractivity contribution is 0.00447. The van der Waals surface area contributed by atoms with Crippen LogP contribution in [0, 0.1) is 5.82 Å². The molecule has 1 aliphatic carbocycles. The number of benzene rings is 1. The summed E-state index contributed by atoms with van der Waals surface area (Å²) in [6.45, 7) is 3.79. The molecule has 2 atom stereocenters. The average Bonchev–Trinajstić information content (AvgIpc) is 3.30. The first-order valence-corrected chi connectivity index (χ1v) is 10.9. The fraction of sp³-hybridized carbons (Fsp3) is 0.667. The van der Waals surface area contributed by atoms with Crippen LogP contribution in [0.3, 0.4) is 0 Å². The molecule has 2 aromatic rings. The van der Waals surface area contributed by atoms with E-state index < -0.39 is 5.60 Å². The summed E-state index contributed by atoms with van der Waals surface area (Å²) in [5, 5.41) is 11.0. The molecule has 0 spiro atoms. The summed E-state index contributed by atoms with van der Waals surface area (Å²) in [5.41, 5.74) is 0.884. The number of hydrogen-bond acceptors (Lipinski definition) is 4. The van der Waals surface area contributed by atoms with Gasteiger partial charge in [0.25, 0.3) is 0 Å². The van der Waals surface area contributed by atoms with Gasteiger partial charge in [0.15, 0.2) is 0 Å². The number of likely N-dealkylation sites (tertiary alicyclic amines) is 1. The van der Waals surface area contributed by atoms with Gasteiger partial charge in [-0.05, 0) is 44.2 Å². The summed E-state index contributed by atoms with van der Waals surface area (Å²) in [4.78, 5) is 12.9. The van der Waals surface area contributed by atoms with Crippen molar-refractivity contribution in [1.82, 2.24) is 19.8 Å². The van der Waals surface area contributed by atoms with E-state index in [-0.39, 0.29) is 5.82 Å². The third kappa shape index (κ3) is 3.56. The molecule has 2 N–H and O–H groups in total. The molecule has 28 heavy (non-hydrogen) atoms. The molecule has 3 fully saturated rings. The highest BCUT2D eigenvalue weighted by Crippen LogP contribution is 2.36. The maximum Gasteiger partial charge on any atom is 0.126 e. The molecule has 1 aromatic heterocycles. The zero-order chi connectivity index (χ0) is 19.3. The number of H-pyrrole nitrogens is 1. The Morgan fingerprint density at radius 1 is 1.21 bits per heavy atom. The maximum absolute atomic E-state index is 13.6. The summed E-state index contributed by atoms with van der Waals surface area (Å²) < 4.78 is 13.6. The van der Waals surface area contributed by atoms with Gasteiger partial charge in [0.1, 0.15) is 17.2 Å². The molecule has 152 valence electrons. The SMILES string of the molecule is OC1(CCN2C3CCC2CN(Cc2nc4c(Cl)cc(F)cc4[nH]2)C3)CCCC1. The Morgan fingerprint density at radius 3 is 2.64 bits per heavy atom. The largest absolute Gasteiger partial charge is 0.390 e. The fourth-order valence-electron chi connectivity index (χ4n) is 5.57. The number of rotatable bonds is 5. The lowest BCUT2D eigenvalue weighted by atomic mass is 9.97. The minimum atomic E-state index is -0.417. The van der Waals surface area contributed by atoms with Crippen LogP contribution in [0.25, 0.3) is 11.0 Å². The molecule has 5 rings (SSSR count). The van der Waals surface area contributed by atoms with Crippen LogP contribution >= 0.6 is 11.6 Å². The average molecular weight is 407 g/mol. The smallest absolute Gasteiger partial charge is 0.126 e. The Kier molecular flexibility index (Phi) is 4.86. The highest BCUT2D eigenvalue weighted by atomic mass is 35.5. The summed E-state index contributed by atoms with van der Waals surface area (Å²) >= 11 is 6.13. The molecule has 3 heterocycles. The van der Waals surface area contributed by atoms with Gasteiger partial charge in [0.2, 0.25) is 0 Å². The molecule has 1 aromatic carbocycles. The first-order valence-electron chi connectivity index (χ1n) is 10.5. The zero-order valence-corrected chi connectivity index (χ0v) is 16.9. The van der Waals surface area contributed by atoms with Crippen LogP contribution in [0.1, 0.15) is 50.8 Å². The Morgan fingerprint density at radius 2 is 1.93 bits per heavy atom. The molecule has 2 saturated heterocycles. The third-order valence-corrected chi connectivity index (χ3v) is 7.29. The molecule has 2 unspecified atom stereocenters. The number of aliphatic hydroxyl groups is 1. The van der Waals surface area contributed by atoms with Gasteiger partial charge in [-0.15, -0.1) is 0 Å². The standard InChI is InChI=1S/C21H28ClFN4O/c22-17-9-14(23)10-18-20(17)25-19(24-18)13-26-11-15-3-4-16(12-26)27(15)8-7-21(28)5-1-2-6-21/h9-10,15-16,28H,1-8,11-13H2,(H,24,25). The predicted molar refractivity (Wildman–Crippen MR) is 108 cm³/mol. The molecule has 0 radical (unpaired) electrons. The molecule has 7 heteroatoms. The second kappa shape index (κ2) is 7.24. The summed E-state index contributed by atoms with van der Waals surface area (Å²) in [6, 6.07) is 3.89. The Bertz CT molecular complexity index is 851. The van der Waals surface area contributed by atoms with Crippen molar-refractivity contribution in [2.75, 3.05) is 19.6 Å². The first kappa shape index (κ1) is 18.8. The second-order valence-electron chi connectivity index (χ2n) is 8.97. The number of aromatic amines is 1. The zero-order valence-electron chi connectivity index (χ0n) is 16.1. The minimum absolute atomic E-state index is 0.344. The van der Waals surface area contributed by atoms with Gasteiger partial charge in [-0.1, -0.05) is 24.4 Å². The van der Waals surface area contributed by atoms with Crippen molar-refractivity contribution in [2.24, 2.45) is 0 Å². The van der Waals surface area contributed by atoms with Gasteiger partial charge in [0, 0.05) is 31.7 Å². The quantitative estimate of drug-likeness (QED) is 0.795. The van der Waals surface area contributed by atoms with Crippen LogP contribution in [-0.2, 0) is 6.54 Å². The van der Waals surface area contributed by atoms with Gasteiger partial charge in [-0.3, -0.25) is 9.80 Å². The van der Waals surface area contributed by atoms with Gasteiger partial charge >= 0.3 is 0 Å². The summed E-state index contributed by atoms with van der Waals surface area (Å²) in [7, 11) is 0. The summed E-state index contributed by atoms with van der Waals surface area (Å²) in [5.74, 6) is 0.499. The van der Waals surface area contributed by atoms with E-state index in [9.17, 15) is 9.50 Å². The Labute approximate surface area is 169 Å². The highest BCUT2D eigenvalue weighted by molar-refractivity contribution is 6.34. The molecule has 2 aliphatic heterocycles. The number of nitrogens with one attached hydrogen (secondary N) is 1. The molecule has 1 saturated carbocycles. The van der Waals surface area contributed by atoms with Crippen molar-refractivity contribution in [2.45, 2.75) is 69.2 Å². The van der Waals surface area contributed by atoms with Crippen molar-refractivity contribution >= 4 is 22.6 Å². The molecule has 5 nitrogen and oxygen atoms in total. The third-order valence-electron chi connectivity index (χ3n) is 7.01. The van der Waals surface area contributed by atoms with E-state index in [1.165, 1.54) is 37.8 Å². The van der Waals surface area contributed by atoms with Crippen molar-refractivity contribution in [3.63, 3.8) is 0 Å². The van der Waals surface area contributed by atoms with E-state index in [1.54, 1.807) is 0 Å². The topological polar surface area (TPSA) is 55.4 Å². The van der Waals surface area contributed by atoms with Crippen molar-refractivity contribution < 1.29 is 9.50 Å². The van der Waals surface area contributed by atoms with Gasteiger partial charge in [-0.2, -0.15) is 0 Å². The minimum Gasteiger partial charge on any atom is -0.390 e. The van der Waals surface area contributed by atoms with Crippen LogP contribution in [0.5, 0.6) is 0 Å². The van der Waals surface area contributed by atoms with E-state index in [0.29, 0.717) is 28.1 Å². The number of halogens is 2. The van der Waals surface area contributed by atoms with Crippen LogP contribution in [0.4, 0.5) is 4.39 Å². The number of imidazole rings is 1. The van der Waals surface area contributed by atoms with Crippen molar-refractivity contribution in [3.05, 3.63) is 28.8 Å². The maximum atomic E-state index is 13.6. The van der Waals surface area contributed by atoms with E-state index in [1.807, 2.05) is 0 Å². The van der Waals surface area contributed by atoms with E-state index >= 15 is 0 Å². The van der Waals surface area contributed by atoms with Crippen LogP contribution in [0.2, 0.25) is 5.02 Å². The molecule has 3 aliphatic rings. The molecule has 2 bridgehead atoms.